The Morgan fingerprint density at radius 3 is 2.76 bits per heavy atom. The summed E-state index contributed by atoms with van der Waals surface area (Å²) in [4.78, 5) is 18.1. The zero-order chi connectivity index (χ0) is 20.4. The van der Waals surface area contributed by atoms with Crippen molar-refractivity contribution in [1.29, 1.82) is 0 Å². The van der Waals surface area contributed by atoms with Crippen LogP contribution in [0.15, 0.2) is 58.9 Å². The fourth-order valence-electron chi connectivity index (χ4n) is 3.01. The maximum atomic E-state index is 12.9. The van der Waals surface area contributed by atoms with Crippen LogP contribution < -0.4 is 14.4 Å². The van der Waals surface area contributed by atoms with Crippen LogP contribution >= 0.6 is 11.3 Å². The number of halogens is 1. The molecule has 0 saturated heterocycles. The Kier molecular flexibility index (Phi) is 5.20. The van der Waals surface area contributed by atoms with Crippen molar-refractivity contribution in [3.05, 3.63) is 65.4 Å². The van der Waals surface area contributed by atoms with Crippen LogP contribution in [-0.2, 0) is 21.2 Å². The van der Waals surface area contributed by atoms with Crippen LogP contribution in [0, 0.1) is 5.82 Å². The fraction of sp³-hybridized carbons (Fsp3) is 0.158. The minimum atomic E-state index is -3.75. The number of hydrogen-bond donors (Lipinski definition) is 1. The summed E-state index contributed by atoms with van der Waals surface area (Å²) in [5.41, 5.74) is 1.42. The molecule has 0 aliphatic carbocycles. The second-order valence-electron chi connectivity index (χ2n) is 6.27. The summed E-state index contributed by atoms with van der Waals surface area (Å²) < 4.78 is 45.8. The smallest absolute Gasteiger partial charge is 0.264 e. The van der Waals surface area contributed by atoms with Crippen molar-refractivity contribution in [2.24, 2.45) is 0 Å². The summed E-state index contributed by atoms with van der Waals surface area (Å²) in [5, 5.41) is 1.97. The molecule has 0 spiro atoms. The van der Waals surface area contributed by atoms with E-state index in [1.54, 1.807) is 22.4 Å². The molecule has 4 rings (SSSR count). The Morgan fingerprint density at radius 1 is 1.24 bits per heavy atom. The van der Waals surface area contributed by atoms with E-state index in [0.717, 1.165) is 5.56 Å². The molecule has 2 aromatic carbocycles. The number of carbonyl (C=O) groups excluding carboxylic acids is 1. The summed E-state index contributed by atoms with van der Waals surface area (Å²) in [6.45, 7) is 0.237. The summed E-state index contributed by atoms with van der Waals surface area (Å²) in [6.07, 6.45) is 2.06. The van der Waals surface area contributed by atoms with Gasteiger partial charge < -0.3 is 9.64 Å². The highest BCUT2D eigenvalue weighted by Crippen LogP contribution is 2.31. The molecule has 1 aliphatic heterocycles. The number of aromatic nitrogens is 1. The van der Waals surface area contributed by atoms with E-state index in [2.05, 4.69) is 9.71 Å². The molecule has 2 heterocycles. The van der Waals surface area contributed by atoms with E-state index < -0.39 is 10.0 Å². The Bertz CT molecular complexity index is 1130. The van der Waals surface area contributed by atoms with Gasteiger partial charge in [-0.25, -0.2) is 17.8 Å². The van der Waals surface area contributed by atoms with Gasteiger partial charge in [0.05, 0.1) is 4.90 Å². The van der Waals surface area contributed by atoms with Crippen molar-refractivity contribution in [3.63, 3.8) is 0 Å². The lowest BCUT2D eigenvalue weighted by Gasteiger charge is -2.18. The largest absolute Gasteiger partial charge is 0.484 e. The van der Waals surface area contributed by atoms with Crippen molar-refractivity contribution in [1.82, 2.24) is 4.98 Å². The quantitative estimate of drug-likeness (QED) is 0.646. The number of thiazole rings is 1. The number of anilines is 2. The number of hydrogen-bond acceptors (Lipinski definition) is 6. The number of sulfonamides is 1. The van der Waals surface area contributed by atoms with Gasteiger partial charge in [-0.2, -0.15) is 0 Å². The first-order chi connectivity index (χ1) is 13.9. The molecule has 1 aliphatic rings. The van der Waals surface area contributed by atoms with Crippen molar-refractivity contribution >= 4 is 38.1 Å². The van der Waals surface area contributed by atoms with Gasteiger partial charge in [-0.05, 0) is 54.4 Å². The third kappa shape index (κ3) is 4.22. The molecular weight excluding hydrogens is 417 g/mol. The molecule has 1 aromatic heterocycles. The topological polar surface area (TPSA) is 88.6 Å². The van der Waals surface area contributed by atoms with Crippen LogP contribution in [-0.4, -0.2) is 32.5 Å². The highest BCUT2D eigenvalue weighted by molar-refractivity contribution is 7.93. The molecule has 0 saturated carbocycles. The van der Waals surface area contributed by atoms with Gasteiger partial charge in [0.15, 0.2) is 11.7 Å². The zero-order valence-corrected chi connectivity index (χ0v) is 16.7. The average molecular weight is 433 g/mol. The second kappa shape index (κ2) is 7.80. The lowest BCUT2D eigenvalue weighted by atomic mass is 10.2. The van der Waals surface area contributed by atoms with Gasteiger partial charge in [0.1, 0.15) is 11.6 Å². The van der Waals surface area contributed by atoms with Crippen LogP contribution in [0.4, 0.5) is 15.2 Å². The lowest BCUT2D eigenvalue weighted by molar-refractivity contribution is -0.120. The predicted molar refractivity (Wildman–Crippen MR) is 107 cm³/mol. The SMILES string of the molecule is O=C(COc1ccc(F)cc1)N1CCc2cc(S(=O)(=O)Nc3nccs3)ccc21. The number of benzene rings is 2. The number of rotatable bonds is 6. The Morgan fingerprint density at radius 2 is 2.03 bits per heavy atom. The summed E-state index contributed by atoms with van der Waals surface area (Å²) in [5.74, 6) is -0.245. The molecule has 3 aromatic rings. The number of nitrogens with zero attached hydrogens (tertiary/aromatic N) is 2. The second-order valence-corrected chi connectivity index (χ2v) is 8.85. The maximum Gasteiger partial charge on any atom is 0.264 e. The zero-order valence-electron chi connectivity index (χ0n) is 15.0. The third-order valence-corrected chi connectivity index (χ3v) is 6.54. The van der Waals surface area contributed by atoms with E-state index in [1.165, 1.54) is 47.9 Å². The Hall–Kier alpha value is -2.98. The molecule has 0 unspecified atom stereocenters. The fourth-order valence-corrected chi connectivity index (χ4v) is 4.84. The number of amides is 1. The minimum absolute atomic E-state index is 0.114. The average Bonchev–Trinajstić information content (AvgIpc) is 3.36. The molecule has 10 heteroatoms. The molecular formula is C19H16FN3O4S2. The number of carbonyl (C=O) groups is 1. The molecule has 29 heavy (non-hydrogen) atoms. The number of ether oxygens (including phenoxy) is 1. The van der Waals surface area contributed by atoms with Gasteiger partial charge in [-0.3, -0.25) is 9.52 Å². The molecule has 0 fully saturated rings. The third-order valence-electron chi connectivity index (χ3n) is 4.39. The molecule has 0 bridgehead atoms. The highest BCUT2D eigenvalue weighted by Gasteiger charge is 2.27. The Balaban J connectivity index is 1.46. The van der Waals surface area contributed by atoms with Gasteiger partial charge in [0.2, 0.25) is 0 Å². The Labute approximate surface area is 170 Å². The molecule has 7 nitrogen and oxygen atoms in total. The highest BCUT2D eigenvalue weighted by atomic mass is 32.2. The van der Waals surface area contributed by atoms with Crippen LogP contribution in [0.25, 0.3) is 0 Å². The first-order valence-corrected chi connectivity index (χ1v) is 11.0. The summed E-state index contributed by atoms with van der Waals surface area (Å²) in [6, 6.07) is 10.1. The minimum Gasteiger partial charge on any atom is -0.484 e. The standard InChI is InChI=1S/C19H16FN3O4S2/c20-14-1-3-15(4-2-14)27-12-18(24)23-9-7-13-11-16(5-6-17(13)23)29(25,26)22-19-21-8-10-28-19/h1-6,8,10-11H,7,9,12H2,(H,21,22). The van der Waals surface area contributed by atoms with E-state index >= 15 is 0 Å². The van der Waals surface area contributed by atoms with Gasteiger partial charge in [-0.15, -0.1) is 11.3 Å². The van der Waals surface area contributed by atoms with Crippen LogP contribution in [0.5, 0.6) is 5.75 Å². The summed E-state index contributed by atoms with van der Waals surface area (Å²) in [7, 11) is -3.75. The monoisotopic (exact) mass is 433 g/mol. The number of fused-ring (bicyclic) bond motifs is 1. The molecule has 1 N–H and O–H groups in total. The van der Waals surface area contributed by atoms with Gasteiger partial charge in [0, 0.05) is 23.8 Å². The normalized spacial score (nSPS) is 13.2. The van der Waals surface area contributed by atoms with Gasteiger partial charge in [-0.1, -0.05) is 0 Å². The predicted octanol–water partition coefficient (Wildman–Crippen LogP) is 3.05. The molecule has 1 amide bonds. The van der Waals surface area contributed by atoms with E-state index in [0.29, 0.717) is 29.5 Å². The van der Waals surface area contributed by atoms with Crippen LogP contribution in [0.3, 0.4) is 0 Å². The first kappa shape index (κ1) is 19.3. The molecule has 150 valence electrons. The maximum absolute atomic E-state index is 12.9. The number of nitrogens with one attached hydrogen (secondary N) is 1. The van der Waals surface area contributed by atoms with Crippen molar-refractivity contribution in [3.8, 4) is 5.75 Å². The lowest BCUT2D eigenvalue weighted by Crippen LogP contribution is -2.33. The van der Waals surface area contributed by atoms with Crippen LogP contribution in [0.1, 0.15) is 5.56 Å². The van der Waals surface area contributed by atoms with Gasteiger partial charge in [0.25, 0.3) is 15.9 Å². The molecule has 0 atom stereocenters. The van der Waals surface area contributed by atoms with E-state index in [9.17, 15) is 17.6 Å². The molecule has 0 radical (unpaired) electrons. The van der Waals surface area contributed by atoms with E-state index in [-0.39, 0.29) is 23.2 Å². The van der Waals surface area contributed by atoms with E-state index in [4.69, 9.17) is 4.74 Å². The van der Waals surface area contributed by atoms with Gasteiger partial charge >= 0.3 is 0 Å². The van der Waals surface area contributed by atoms with Crippen molar-refractivity contribution in [2.45, 2.75) is 11.3 Å². The summed E-state index contributed by atoms with van der Waals surface area (Å²) >= 11 is 1.19. The van der Waals surface area contributed by atoms with Crippen LogP contribution in [0.2, 0.25) is 0 Å². The van der Waals surface area contributed by atoms with E-state index in [1.807, 2.05) is 0 Å². The van der Waals surface area contributed by atoms with Crippen molar-refractivity contribution in [2.75, 3.05) is 22.8 Å². The van der Waals surface area contributed by atoms with Crippen molar-refractivity contribution < 1.29 is 22.3 Å². The first-order valence-electron chi connectivity index (χ1n) is 8.66.